The van der Waals surface area contributed by atoms with Crippen molar-refractivity contribution < 1.29 is 4.74 Å². The lowest BCUT2D eigenvalue weighted by atomic mass is 10.0. The fourth-order valence-electron chi connectivity index (χ4n) is 1.68. The normalized spacial score (nSPS) is 11.1. The molecule has 0 spiro atoms. The van der Waals surface area contributed by atoms with Crippen LogP contribution in [0.25, 0.3) is 0 Å². The molecular weight excluding hydrogens is 238 g/mol. The summed E-state index contributed by atoms with van der Waals surface area (Å²) < 4.78 is 5.80. The minimum atomic E-state index is 0.471. The van der Waals surface area contributed by atoms with Crippen LogP contribution in [0.5, 0.6) is 11.5 Å². The number of nitrogens with zero attached hydrogens (tertiary/aromatic N) is 2. The van der Waals surface area contributed by atoms with E-state index in [2.05, 4.69) is 29.9 Å². The first-order valence-electron chi connectivity index (χ1n) is 6.17. The second-order valence-electron chi connectivity index (χ2n) is 4.46. The molecule has 98 valence electrons. The Morgan fingerprint density at radius 3 is 2.74 bits per heavy atom. The average molecular weight is 255 g/mol. The summed E-state index contributed by atoms with van der Waals surface area (Å²) in [6.07, 6.45) is 2.86. The largest absolute Gasteiger partial charge is 0.457 e. The van der Waals surface area contributed by atoms with Crippen LogP contribution in [0.2, 0.25) is 0 Å². The lowest BCUT2D eigenvalue weighted by Crippen LogP contribution is -1.90. The molecule has 0 saturated carbocycles. The molecule has 0 saturated heterocycles. The zero-order valence-electron chi connectivity index (χ0n) is 11.1. The van der Waals surface area contributed by atoms with E-state index in [1.807, 2.05) is 18.2 Å². The Kier molecular flexibility index (Phi) is 4.13. The van der Waals surface area contributed by atoms with E-state index in [9.17, 15) is 0 Å². The molecule has 0 bridgehead atoms. The molecule has 0 aliphatic heterocycles. The van der Waals surface area contributed by atoms with Crippen LogP contribution in [0.15, 0.2) is 47.6 Å². The zero-order valence-corrected chi connectivity index (χ0v) is 11.1. The first-order chi connectivity index (χ1) is 9.19. The number of hydrogen-bond donors (Lipinski definition) is 1. The van der Waals surface area contributed by atoms with E-state index in [1.165, 1.54) is 11.9 Å². The van der Waals surface area contributed by atoms with Crippen LogP contribution in [0.4, 0.5) is 5.82 Å². The zero-order chi connectivity index (χ0) is 13.7. The number of aromatic nitrogens is 1. The lowest BCUT2D eigenvalue weighted by molar-refractivity contribution is 0.481. The van der Waals surface area contributed by atoms with Gasteiger partial charge in [0.1, 0.15) is 11.5 Å². The van der Waals surface area contributed by atoms with E-state index >= 15 is 0 Å². The maximum Gasteiger partial charge on any atom is 0.157 e. The van der Waals surface area contributed by atoms with Gasteiger partial charge in [-0.15, -0.1) is 0 Å². The standard InChI is InChI=1S/C15H17N3O/c1-11(2)12-4-3-5-13(8-12)19-14-6-7-17-15(9-14)18-10-16/h3-11H,1-2H3,(H2,16,17,18). The molecule has 4 heteroatoms. The van der Waals surface area contributed by atoms with Crippen molar-refractivity contribution in [3.8, 4) is 11.5 Å². The van der Waals surface area contributed by atoms with Gasteiger partial charge >= 0.3 is 0 Å². The fraction of sp³-hybridized carbons (Fsp3) is 0.200. The molecule has 2 N–H and O–H groups in total. The van der Waals surface area contributed by atoms with Crippen LogP contribution in [0.1, 0.15) is 25.3 Å². The van der Waals surface area contributed by atoms with E-state index in [4.69, 9.17) is 10.5 Å². The van der Waals surface area contributed by atoms with Crippen molar-refractivity contribution in [3.63, 3.8) is 0 Å². The third-order valence-electron chi connectivity index (χ3n) is 2.68. The van der Waals surface area contributed by atoms with Crippen molar-refractivity contribution in [1.29, 1.82) is 0 Å². The summed E-state index contributed by atoms with van der Waals surface area (Å²) in [5.74, 6) is 2.50. The predicted octanol–water partition coefficient (Wildman–Crippen LogP) is 3.62. The van der Waals surface area contributed by atoms with Gasteiger partial charge in [0.25, 0.3) is 0 Å². The van der Waals surface area contributed by atoms with E-state index in [-0.39, 0.29) is 0 Å². The van der Waals surface area contributed by atoms with Crippen LogP contribution in [0, 0.1) is 0 Å². The highest BCUT2D eigenvalue weighted by atomic mass is 16.5. The number of hydrogen-bond acceptors (Lipinski definition) is 3. The molecule has 1 aromatic heterocycles. The summed E-state index contributed by atoms with van der Waals surface area (Å²) in [5.41, 5.74) is 6.49. The number of benzene rings is 1. The van der Waals surface area contributed by atoms with Crippen LogP contribution in [-0.2, 0) is 0 Å². The molecule has 0 radical (unpaired) electrons. The van der Waals surface area contributed by atoms with Crippen molar-refractivity contribution in [2.75, 3.05) is 0 Å². The number of aliphatic imine (C=N–C) groups is 1. The van der Waals surface area contributed by atoms with E-state index in [1.54, 1.807) is 18.3 Å². The van der Waals surface area contributed by atoms with Crippen molar-refractivity contribution in [3.05, 3.63) is 48.2 Å². The number of rotatable bonds is 4. The molecule has 1 heterocycles. The highest BCUT2D eigenvalue weighted by Gasteiger charge is 2.03. The Bertz CT molecular complexity index is 579. The molecule has 0 atom stereocenters. The summed E-state index contributed by atoms with van der Waals surface area (Å²) in [7, 11) is 0. The quantitative estimate of drug-likeness (QED) is 0.670. The summed E-state index contributed by atoms with van der Waals surface area (Å²) in [6, 6.07) is 11.6. The topological polar surface area (TPSA) is 60.5 Å². The summed E-state index contributed by atoms with van der Waals surface area (Å²) in [5, 5.41) is 0. The van der Waals surface area contributed by atoms with Gasteiger partial charge in [-0.3, -0.25) is 0 Å². The Hall–Kier alpha value is -2.36. The second kappa shape index (κ2) is 6.00. The van der Waals surface area contributed by atoms with Gasteiger partial charge < -0.3 is 10.5 Å². The Balaban J connectivity index is 2.21. The molecule has 1 aromatic carbocycles. The molecule has 0 fully saturated rings. The van der Waals surface area contributed by atoms with Gasteiger partial charge in [0.2, 0.25) is 0 Å². The Labute approximate surface area is 113 Å². The molecule has 0 unspecified atom stereocenters. The monoisotopic (exact) mass is 255 g/mol. The van der Waals surface area contributed by atoms with Gasteiger partial charge in [0.05, 0.1) is 6.34 Å². The van der Waals surface area contributed by atoms with Gasteiger partial charge in [0.15, 0.2) is 5.82 Å². The fourth-order valence-corrected chi connectivity index (χ4v) is 1.68. The molecule has 0 aliphatic carbocycles. The highest BCUT2D eigenvalue weighted by molar-refractivity contribution is 5.57. The highest BCUT2D eigenvalue weighted by Crippen LogP contribution is 2.26. The van der Waals surface area contributed by atoms with Gasteiger partial charge in [-0.1, -0.05) is 26.0 Å². The van der Waals surface area contributed by atoms with Crippen LogP contribution < -0.4 is 10.5 Å². The first kappa shape index (κ1) is 13.1. The van der Waals surface area contributed by atoms with Crippen molar-refractivity contribution in [1.82, 2.24) is 4.98 Å². The summed E-state index contributed by atoms with van der Waals surface area (Å²) in [4.78, 5) is 7.98. The number of nitrogens with two attached hydrogens (primary N) is 1. The SMILES string of the molecule is CC(C)c1cccc(Oc2ccnc(N=CN)c2)c1. The smallest absolute Gasteiger partial charge is 0.157 e. The van der Waals surface area contributed by atoms with Crippen LogP contribution in [0.3, 0.4) is 0 Å². The lowest BCUT2D eigenvalue weighted by Gasteiger charge is -2.09. The third kappa shape index (κ3) is 3.55. The molecule has 0 aliphatic rings. The van der Waals surface area contributed by atoms with Crippen molar-refractivity contribution >= 4 is 12.2 Å². The molecule has 2 rings (SSSR count). The van der Waals surface area contributed by atoms with Gasteiger partial charge in [-0.2, -0.15) is 0 Å². The Morgan fingerprint density at radius 1 is 1.21 bits per heavy atom. The molecule has 4 nitrogen and oxygen atoms in total. The maximum absolute atomic E-state index is 5.80. The van der Waals surface area contributed by atoms with Crippen LogP contribution >= 0.6 is 0 Å². The van der Waals surface area contributed by atoms with Gasteiger partial charge in [0, 0.05) is 12.3 Å². The number of ether oxygens (including phenoxy) is 1. The summed E-state index contributed by atoms with van der Waals surface area (Å²) in [6.45, 7) is 4.30. The second-order valence-corrected chi connectivity index (χ2v) is 4.46. The first-order valence-corrected chi connectivity index (χ1v) is 6.17. The number of pyridine rings is 1. The summed E-state index contributed by atoms with van der Waals surface area (Å²) >= 11 is 0. The minimum Gasteiger partial charge on any atom is -0.457 e. The Morgan fingerprint density at radius 2 is 2.00 bits per heavy atom. The van der Waals surface area contributed by atoms with E-state index in [0.717, 1.165) is 5.75 Å². The molecule has 19 heavy (non-hydrogen) atoms. The predicted molar refractivity (Wildman–Crippen MR) is 77.2 cm³/mol. The minimum absolute atomic E-state index is 0.471. The van der Waals surface area contributed by atoms with Gasteiger partial charge in [-0.05, 0) is 29.7 Å². The molecule has 2 aromatic rings. The van der Waals surface area contributed by atoms with Crippen molar-refractivity contribution in [2.24, 2.45) is 10.7 Å². The van der Waals surface area contributed by atoms with Crippen LogP contribution in [-0.4, -0.2) is 11.3 Å². The average Bonchev–Trinajstić information content (AvgIpc) is 2.40. The van der Waals surface area contributed by atoms with Gasteiger partial charge in [-0.25, -0.2) is 9.98 Å². The van der Waals surface area contributed by atoms with E-state index in [0.29, 0.717) is 17.5 Å². The molecule has 0 amide bonds. The van der Waals surface area contributed by atoms with E-state index < -0.39 is 0 Å². The molecular formula is C15H17N3O. The maximum atomic E-state index is 5.80. The van der Waals surface area contributed by atoms with Crippen molar-refractivity contribution in [2.45, 2.75) is 19.8 Å². The third-order valence-corrected chi connectivity index (χ3v) is 2.68.